The summed E-state index contributed by atoms with van der Waals surface area (Å²) in [5, 5.41) is 3.43. The summed E-state index contributed by atoms with van der Waals surface area (Å²) in [5.74, 6) is 1.95. The predicted octanol–water partition coefficient (Wildman–Crippen LogP) is 2.55. The van der Waals surface area contributed by atoms with Crippen LogP contribution in [0.2, 0.25) is 0 Å². The summed E-state index contributed by atoms with van der Waals surface area (Å²) in [4.78, 5) is 0. The zero-order valence-corrected chi connectivity index (χ0v) is 10.5. The van der Waals surface area contributed by atoms with Gasteiger partial charge < -0.3 is 10.1 Å². The number of hydrogen-bond donors (Lipinski definition) is 1. The van der Waals surface area contributed by atoms with E-state index >= 15 is 0 Å². The Kier molecular flexibility index (Phi) is 3.06. The van der Waals surface area contributed by atoms with E-state index in [0.29, 0.717) is 6.10 Å². The quantitative estimate of drug-likeness (QED) is 0.844. The zero-order valence-electron chi connectivity index (χ0n) is 10.5. The Morgan fingerprint density at radius 1 is 1.35 bits per heavy atom. The first-order chi connectivity index (χ1) is 8.31. The molecule has 2 nitrogen and oxygen atoms in total. The number of fused-ring (bicyclic) bond motifs is 1. The van der Waals surface area contributed by atoms with Crippen molar-refractivity contribution in [3.63, 3.8) is 0 Å². The lowest BCUT2D eigenvalue weighted by Crippen LogP contribution is -2.19. The Hall–Kier alpha value is -1.02. The number of nitrogens with one attached hydrogen (secondary N) is 1. The number of aryl methyl sites for hydroxylation is 1. The van der Waals surface area contributed by atoms with Gasteiger partial charge in [0.1, 0.15) is 5.75 Å². The molecule has 0 spiro atoms. The molecule has 1 aromatic rings. The second kappa shape index (κ2) is 4.69. The van der Waals surface area contributed by atoms with E-state index in [-0.39, 0.29) is 0 Å². The van der Waals surface area contributed by atoms with Crippen molar-refractivity contribution >= 4 is 0 Å². The molecule has 2 atom stereocenters. The largest absolute Gasteiger partial charge is 0.490 e. The van der Waals surface area contributed by atoms with Crippen LogP contribution in [-0.4, -0.2) is 19.2 Å². The molecular weight excluding hydrogens is 210 g/mol. The lowest BCUT2D eigenvalue weighted by atomic mass is 9.95. The average molecular weight is 231 g/mol. The molecule has 1 aromatic carbocycles. The summed E-state index contributed by atoms with van der Waals surface area (Å²) in [6.07, 6.45) is 5.21. The van der Waals surface area contributed by atoms with Crippen LogP contribution in [0.15, 0.2) is 18.2 Å². The van der Waals surface area contributed by atoms with E-state index in [1.54, 1.807) is 0 Å². The van der Waals surface area contributed by atoms with Crippen molar-refractivity contribution < 1.29 is 4.74 Å². The molecule has 0 aromatic heterocycles. The standard InChI is InChI=1S/C15H21NO/c1-11-2-4-14-5-3-12(9-15(14)17-11)8-13-6-7-16-10-13/h3,5,9,11,13,16H,2,4,6-8,10H2,1H3. The predicted molar refractivity (Wildman–Crippen MR) is 69.5 cm³/mol. The molecule has 1 fully saturated rings. The molecular formula is C15H21NO. The minimum absolute atomic E-state index is 0.380. The van der Waals surface area contributed by atoms with Crippen molar-refractivity contribution in [3.8, 4) is 5.75 Å². The van der Waals surface area contributed by atoms with Gasteiger partial charge in [-0.1, -0.05) is 12.1 Å². The van der Waals surface area contributed by atoms with Crippen LogP contribution in [0.1, 0.15) is 30.9 Å². The molecule has 0 aliphatic carbocycles. The summed E-state index contributed by atoms with van der Waals surface area (Å²) >= 11 is 0. The van der Waals surface area contributed by atoms with Crippen LogP contribution < -0.4 is 10.1 Å². The fourth-order valence-corrected chi connectivity index (χ4v) is 2.90. The Morgan fingerprint density at radius 2 is 2.29 bits per heavy atom. The first kappa shape index (κ1) is 11.1. The Bertz CT molecular complexity index is 396. The van der Waals surface area contributed by atoms with Gasteiger partial charge in [-0.3, -0.25) is 0 Å². The third-order valence-electron chi connectivity index (χ3n) is 3.97. The Labute approximate surface area is 103 Å². The average Bonchev–Trinajstić information content (AvgIpc) is 2.81. The van der Waals surface area contributed by atoms with Crippen molar-refractivity contribution in [1.29, 1.82) is 0 Å². The second-order valence-electron chi connectivity index (χ2n) is 5.47. The van der Waals surface area contributed by atoms with E-state index in [1.807, 2.05) is 0 Å². The van der Waals surface area contributed by atoms with E-state index in [9.17, 15) is 0 Å². The highest BCUT2D eigenvalue weighted by Crippen LogP contribution is 2.29. The molecule has 3 rings (SSSR count). The minimum Gasteiger partial charge on any atom is -0.490 e. The SMILES string of the molecule is CC1CCc2ccc(CC3CCNC3)cc2O1. The fraction of sp³-hybridized carbons (Fsp3) is 0.600. The summed E-state index contributed by atoms with van der Waals surface area (Å²) in [6, 6.07) is 6.82. The molecule has 2 aliphatic heterocycles. The van der Waals surface area contributed by atoms with Crippen molar-refractivity contribution in [1.82, 2.24) is 5.32 Å². The first-order valence-corrected chi connectivity index (χ1v) is 6.80. The molecule has 2 aliphatic rings. The highest BCUT2D eigenvalue weighted by molar-refractivity contribution is 5.39. The molecule has 2 heterocycles. The van der Waals surface area contributed by atoms with E-state index in [2.05, 4.69) is 30.4 Å². The van der Waals surface area contributed by atoms with Crippen LogP contribution >= 0.6 is 0 Å². The molecule has 1 N–H and O–H groups in total. The van der Waals surface area contributed by atoms with Gasteiger partial charge in [0.2, 0.25) is 0 Å². The topological polar surface area (TPSA) is 21.3 Å². The molecule has 0 amide bonds. The maximum Gasteiger partial charge on any atom is 0.123 e. The second-order valence-corrected chi connectivity index (χ2v) is 5.47. The number of benzene rings is 1. The van der Waals surface area contributed by atoms with Crippen molar-refractivity contribution in [3.05, 3.63) is 29.3 Å². The van der Waals surface area contributed by atoms with E-state index in [1.165, 1.54) is 43.5 Å². The molecule has 1 saturated heterocycles. The number of hydrogen-bond acceptors (Lipinski definition) is 2. The molecule has 0 saturated carbocycles. The highest BCUT2D eigenvalue weighted by atomic mass is 16.5. The summed E-state index contributed by atoms with van der Waals surface area (Å²) < 4.78 is 5.92. The van der Waals surface area contributed by atoms with Gasteiger partial charge in [-0.25, -0.2) is 0 Å². The maximum absolute atomic E-state index is 5.92. The Morgan fingerprint density at radius 3 is 3.12 bits per heavy atom. The van der Waals surface area contributed by atoms with Crippen molar-refractivity contribution in [2.24, 2.45) is 5.92 Å². The summed E-state index contributed by atoms with van der Waals surface area (Å²) in [5.41, 5.74) is 2.82. The lowest BCUT2D eigenvalue weighted by Gasteiger charge is -2.24. The molecule has 2 unspecified atom stereocenters. The van der Waals surface area contributed by atoms with Crippen LogP contribution in [0.25, 0.3) is 0 Å². The van der Waals surface area contributed by atoms with Gasteiger partial charge in [-0.2, -0.15) is 0 Å². The number of ether oxygens (including phenoxy) is 1. The highest BCUT2D eigenvalue weighted by Gasteiger charge is 2.18. The minimum atomic E-state index is 0.380. The van der Waals surface area contributed by atoms with E-state index < -0.39 is 0 Å². The third kappa shape index (κ3) is 2.47. The molecule has 0 radical (unpaired) electrons. The molecule has 92 valence electrons. The van der Waals surface area contributed by atoms with Gasteiger partial charge in [0.15, 0.2) is 0 Å². The fourth-order valence-electron chi connectivity index (χ4n) is 2.90. The van der Waals surface area contributed by atoms with Gasteiger partial charge in [-0.15, -0.1) is 0 Å². The summed E-state index contributed by atoms with van der Waals surface area (Å²) in [6.45, 7) is 4.52. The van der Waals surface area contributed by atoms with Gasteiger partial charge >= 0.3 is 0 Å². The first-order valence-electron chi connectivity index (χ1n) is 6.80. The zero-order chi connectivity index (χ0) is 11.7. The molecule has 0 bridgehead atoms. The maximum atomic E-state index is 5.92. The third-order valence-corrected chi connectivity index (χ3v) is 3.97. The van der Waals surface area contributed by atoms with Gasteiger partial charge in [-0.05, 0) is 68.8 Å². The Balaban J connectivity index is 1.75. The van der Waals surface area contributed by atoms with Gasteiger partial charge in [0.25, 0.3) is 0 Å². The van der Waals surface area contributed by atoms with Gasteiger partial charge in [0, 0.05) is 0 Å². The summed E-state index contributed by atoms with van der Waals surface area (Å²) in [7, 11) is 0. The van der Waals surface area contributed by atoms with Crippen LogP contribution in [0.4, 0.5) is 0 Å². The normalized spacial score (nSPS) is 27.6. The number of rotatable bonds is 2. The van der Waals surface area contributed by atoms with Crippen LogP contribution in [-0.2, 0) is 12.8 Å². The smallest absolute Gasteiger partial charge is 0.123 e. The van der Waals surface area contributed by atoms with E-state index in [4.69, 9.17) is 4.74 Å². The molecule has 2 heteroatoms. The van der Waals surface area contributed by atoms with E-state index in [0.717, 1.165) is 18.1 Å². The van der Waals surface area contributed by atoms with Crippen molar-refractivity contribution in [2.75, 3.05) is 13.1 Å². The van der Waals surface area contributed by atoms with Crippen LogP contribution in [0, 0.1) is 5.92 Å². The van der Waals surface area contributed by atoms with Gasteiger partial charge in [0.05, 0.1) is 6.10 Å². The van der Waals surface area contributed by atoms with Crippen LogP contribution in [0.5, 0.6) is 5.75 Å². The molecule has 17 heavy (non-hydrogen) atoms. The lowest BCUT2D eigenvalue weighted by molar-refractivity contribution is 0.192. The monoisotopic (exact) mass is 231 g/mol. The van der Waals surface area contributed by atoms with Crippen LogP contribution in [0.3, 0.4) is 0 Å². The van der Waals surface area contributed by atoms with Crippen molar-refractivity contribution in [2.45, 2.75) is 38.7 Å².